The van der Waals surface area contributed by atoms with Gasteiger partial charge in [0, 0.05) is 34.9 Å². The number of benzene rings is 2. The van der Waals surface area contributed by atoms with Crippen LogP contribution in [0.25, 0.3) is 5.70 Å². The number of anilines is 1. The summed E-state index contributed by atoms with van der Waals surface area (Å²) < 4.78 is 5.14. The Balaban J connectivity index is 1.44. The lowest BCUT2D eigenvalue weighted by atomic mass is 9.98. The summed E-state index contributed by atoms with van der Waals surface area (Å²) in [5.41, 5.74) is 6.26. The van der Waals surface area contributed by atoms with Gasteiger partial charge in [0.1, 0.15) is 6.26 Å². The van der Waals surface area contributed by atoms with Crippen molar-refractivity contribution in [2.75, 3.05) is 5.32 Å². The van der Waals surface area contributed by atoms with E-state index in [0.29, 0.717) is 45.4 Å². The standard InChI is InChI=1S/C30H28N4O3/c1-19-9-5-6-10-26(19)21(3)32-28-12-8-7-11-27(28)20(2)29(35)34-24-15-13-23(14-16-24)30(36)31-17-25-18-37-22(4)33-25/h5-16,18H,3,17H2,1-2,4H3,(H,31,36)(H,34,35)/b27-20+,32-28?. The van der Waals surface area contributed by atoms with Gasteiger partial charge in [0.25, 0.3) is 11.8 Å². The number of nitrogens with one attached hydrogen (secondary N) is 2. The predicted octanol–water partition coefficient (Wildman–Crippen LogP) is 5.71. The van der Waals surface area contributed by atoms with E-state index in [4.69, 9.17) is 9.41 Å². The molecule has 7 nitrogen and oxygen atoms in total. The maximum absolute atomic E-state index is 13.0. The number of amides is 2. The summed E-state index contributed by atoms with van der Waals surface area (Å²) in [6, 6.07) is 14.6. The Morgan fingerprint density at radius 3 is 2.46 bits per heavy atom. The molecule has 0 atom stereocenters. The number of aromatic nitrogens is 1. The topological polar surface area (TPSA) is 96.6 Å². The van der Waals surface area contributed by atoms with Crippen molar-refractivity contribution in [1.82, 2.24) is 10.3 Å². The number of carbonyl (C=O) groups excluding carboxylic acids is 2. The fraction of sp³-hybridized carbons (Fsp3) is 0.133. The van der Waals surface area contributed by atoms with Crippen LogP contribution in [0.4, 0.5) is 5.69 Å². The van der Waals surface area contributed by atoms with E-state index in [9.17, 15) is 9.59 Å². The van der Waals surface area contributed by atoms with Crippen molar-refractivity contribution in [3.05, 3.63) is 125 Å². The molecule has 0 spiro atoms. The Labute approximate surface area is 216 Å². The van der Waals surface area contributed by atoms with Crippen LogP contribution < -0.4 is 10.6 Å². The average Bonchev–Trinajstić information content (AvgIpc) is 3.32. The van der Waals surface area contributed by atoms with Crippen LogP contribution in [0.15, 0.2) is 106 Å². The zero-order valence-corrected chi connectivity index (χ0v) is 21.0. The fourth-order valence-corrected chi connectivity index (χ4v) is 3.80. The first kappa shape index (κ1) is 25.3. The summed E-state index contributed by atoms with van der Waals surface area (Å²) in [6.07, 6.45) is 8.99. The minimum atomic E-state index is -0.261. The predicted molar refractivity (Wildman–Crippen MR) is 146 cm³/mol. The molecule has 0 saturated carbocycles. The largest absolute Gasteiger partial charge is 0.449 e. The first-order chi connectivity index (χ1) is 17.8. The summed E-state index contributed by atoms with van der Waals surface area (Å²) in [4.78, 5) is 34.4. The molecule has 0 radical (unpaired) electrons. The molecular weight excluding hydrogens is 464 g/mol. The molecule has 2 amide bonds. The van der Waals surface area contributed by atoms with Crippen molar-refractivity contribution >= 4 is 28.9 Å². The van der Waals surface area contributed by atoms with E-state index < -0.39 is 0 Å². The minimum absolute atomic E-state index is 0.245. The number of aliphatic imine (C=N–C) groups is 1. The monoisotopic (exact) mass is 492 g/mol. The summed E-state index contributed by atoms with van der Waals surface area (Å²) in [5.74, 6) is 0.0393. The van der Waals surface area contributed by atoms with E-state index in [0.717, 1.165) is 11.1 Å². The summed E-state index contributed by atoms with van der Waals surface area (Å²) in [5, 5.41) is 5.69. The molecule has 2 aromatic carbocycles. The molecule has 0 fully saturated rings. The molecule has 0 bridgehead atoms. The van der Waals surface area contributed by atoms with E-state index in [1.54, 1.807) is 38.1 Å². The van der Waals surface area contributed by atoms with Crippen LogP contribution in [0, 0.1) is 13.8 Å². The molecule has 1 heterocycles. The van der Waals surface area contributed by atoms with Crippen molar-refractivity contribution in [2.24, 2.45) is 4.99 Å². The third kappa shape index (κ3) is 6.27. The Kier molecular flexibility index (Phi) is 7.74. The van der Waals surface area contributed by atoms with Gasteiger partial charge in [-0.15, -0.1) is 0 Å². The van der Waals surface area contributed by atoms with Gasteiger partial charge in [0.2, 0.25) is 0 Å². The van der Waals surface area contributed by atoms with Crippen molar-refractivity contribution < 1.29 is 14.0 Å². The van der Waals surface area contributed by atoms with Crippen molar-refractivity contribution in [1.29, 1.82) is 0 Å². The van der Waals surface area contributed by atoms with E-state index in [1.807, 2.05) is 55.5 Å². The van der Waals surface area contributed by atoms with Gasteiger partial charge in [0.15, 0.2) is 5.89 Å². The van der Waals surface area contributed by atoms with Crippen LogP contribution in [0.5, 0.6) is 0 Å². The molecule has 0 unspecified atom stereocenters. The van der Waals surface area contributed by atoms with Crippen molar-refractivity contribution in [3.8, 4) is 0 Å². The van der Waals surface area contributed by atoms with Crippen LogP contribution in [0.2, 0.25) is 0 Å². The molecule has 2 N–H and O–H groups in total. The zero-order chi connectivity index (χ0) is 26.4. The van der Waals surface area contributed by atoms with Gasteiger partial charge in [-0.3, -0.25) is 9.59 Å². The summed E-state index contributed by atoms with van der Waals surface area (Å²) in [7, 11) is 0. The minimum Gasteiger partial charge on any atom is -0.449 e. The van der Waals surface area contributed by atoms with E-state index in [1.165, 1.54) is 6.26 Å². The van der Waals surface area contributed by atoms with Gasteiger partial charge in [0.05, 0.1) is 23.6 Å². The highest BCUT2D eigenvalue weighted by atomic mass is 16.3. The number of hydrogen-bond donors (Lipinski definition) is 2. The molecule has 186 valence electrons. The second-order valence-corrected chi connectivity index (χ2v) is 8.59. The SMILES string of the molecule is C=C(N=C1C=CC=C/C1=C(/C)C(=O)Nc1ccc(C(=O)NCc2coc(C)n2)cc1)c1ccccc1C. The van der Waals surface area contributed by atoms with Crippen molar-refractivity contribution in [3.63, 3.8) is 0 Å². The van der Waals surface area contributed by atoms with E-state index in [2.05, 4.69) is 22.2 Å². The first-order valence-electron chi connectivity index (χ1n) is 11.8. The smallest absolute Gasteiger partial charge is 0.251 e. The Morgan fingerprint density at radius 2 is 1.76 bits per heavy atom. The molecule has 1 aliphatic carbocycles. The lowest BCUT2D eigenvalue weighted by molar-refractivity contribution is -0.112. The molecule has 4 rings (SSSR count). The number of aryl methyl sites for hydroxylation is 2. The average molecular weight is 493 g/mol. The number of nitrogens with zero attached hydrogens (tertiary/aromatic N) is 2. The summed E-state index contributed by atoms with van der Waals surface area (Å²) >= 11 is 0. The lowest BCUT2D eigenvalue weighted by Crippen LogP contribution is -2.23. The first-order valence-corrected chi connectivity index (χ1v) is 11.8. The Hall–Kier alpha value is -4.78. The van der Waals surface area contributed by atoms with Gasteiger partial charge in [-0.2, -0.15) is 0 Å². The Morgan fingerprint density at radius 1 is 1.03 bits per heavy atom. The van der Waals surface area contributed by atoms with Gasteiger partial charge >= 0.3 is 0 Å². The van der Waals surface area contributed by atoms with Crippen molar-refractivity contribution in [2.45, 2.75) is 27.3 Å². The van der Waals surface area contributed by atoms with Crippen LogP contribution >= 0.6 is 0 Å². The van der Waals surface area contributed by atoms with Crippen LogP contribution in [0.1, 0.15) is 40.0 Å². The molecule has 1 aliphatic rings. The number of rotatable bonds is 7. The van der Waals surface area contributed by atoms with Crippen LogP contribution in [0.3, 0.4) is 0 Å². The molecule has 7 heteroatoms. The highest BCUT2D eigenvalue weighted by Crippen LogP contribution is 2.22. The third-order valence-electron chi connectivity index (χ3n) is 5.86. The van der Waals surface area contributed by atoms with Gasteiger partial charge in [-0.1, -0.05) is 49.1 Å². The van der Waals surface area contributed by atoms with Crippen LogP contribution in [-0.2, 0) is 11.3 Å². The quantitative estimate of drug-likeness (QED) is 0.413. The molecule has 0 aliphatic heterocycles. The normalized spacial score (nSPS) is 14.9. The zero-order valence-electron chi connectivity index (χ0n) is 21.0. The number of hydrogen-bond acceptors (Lipinski definition) is 5. The van der Waals surface area contributed by atoms with Crippen LogP contribution in [-0.4, -0.2) is 22.5 Å². The fourth-order valence-electron chi connectivity index (χ4n) is 3.80. The molecular formula is C30H28N4O3. The number of allylic oxidation sites excluding steroid dienone is 5. The second-order valence-electron chi connectivity index (χ2n) is 8.59. The maximum Gasteiger partial charge on any atom is 0.251 e. The van der Waals surface area contributed by atoms with Gasteiger partial charge in [-0.25, -0.2) is 9.98 Å². The molecule has 0 saturated heterocycles. The number of oxazole rings is 1. The maximum atomic E-state index is 13.0. The number of carbonyl (C=O) groups is 2. The van der Waals surface area contributed by atoms with Gasteiger partial charge < -0.3 is 15.1 Å². The van der Waals surface area contributed by atoms with Gasteiger partial charge in [-0.05, 0) is 49.8 Å². The Bertz CT molecular complexity index is 1470. The molecule has 3 aromatic rings. The molecule has 37 heavy (non-hydrogen) atoms. The highest BCUT2D eigenvalue weighted by molar-refractivity contribution is 6.19. The highest BCUT2D eigenvalue weighted by Gasteiger charge is 2.16. The van der Waals surface area contributed by atoms with E-state index >= 15 is 0 Å². The second kappa shape index (κ2) is 11.3. The third-order valence-corrected chi connectivity index (χ3v) is 5.86. The lowest BCUT2D eigenvalue weighted by Gasteiger charge is -2.14. The summed E-state index contributed by atoms with van der Waals surface area (Å²) in [6.45, 7) is 9.91. The van der Waals surface area contributed by atoms with E-state index in [-0.39, 0.29) is 18.4 Å². The molecule has 1 aromatic heterocycles.